The van der Waals surface area contributed by atoms with Crippen LogP contribution in [-0.2, 0) is 30.0 Å². The summed E-state index contributed by atoms with van der Waals surface area (Å²) in [5.74, 6) is 1.57. The van der Waals surface area contributed by atoms with Gasteiger partial charge in [0.15, 0.2) is 0 Å². The molecule has 16 heavy (non-hydrogen) atoms. The number of nitrogens with zero attached hydrogens (tertiary/aromatic N) is 2. The molecule has 0 saturated heterocycles. The lowest BCUT2D eigenvalue weighted by atomic mass is 10.2. The van der Waals surface area contributed by atoms with Crippen LogP contribution in [0.3, 0.4) is 0 Å². The molecule has 0 saturated carbocycles. The third kappa shape index (κ3) is 3.72. The number of hydrogen-bond acceptors (Lipinski definition) is 3. The highest BCUT2D eigenvalue weighted by Crippen LogP contribution is 2.08. The normalized spacial score (nSPS) is 15.0. The molecule has 0 aliphatic heterocycles. The smallest absolute Gasteiger partial charge is 0.0655 e. The van der Waals surface area contributed by atoms with Crippen LogP contribution in [0.4, 0.5) is 0 Å². The van der Waals surface area contributed by atoms with Gasteiger partial charge in [0.25, 0.3) is 0 Å². The highest BCUT2D eigenvalue weighted by atomic mass is 32.2. The maximum absolute atomic E-state index is 11.8. The van der Waals surface area contributed by atoms with E-state index in [1.165, 1.54) is 0 Å². The lowest BCUT2D eigenvalue weighted by Gasteiger charge is -2.07. The molecule has 4 nitrogen and oxygen atoms in total. The van der Waals surface area contributed by atoms with Gasteiger partial charge in [-0.05, 0) is 24.9 Å². The predicted molar refractivity (Wildman–Crippen MR) is 67.5 cm³/mol. The molecule has 0 bridgehead atoms. The first-order valence-corrected chi connectivity index (χ1v) is 7.12. The summed E-state index contributed by atoms with van der Waals surface area (Å²) in [5, 5.41) is 4.34. The Bertz CT molecular complexity index is 362. The minimum absolute atomic E-state index is 0.319. The maximum Gasteiger partial charge on any atom is 0.0655 e. The van der Waals surface area contributed by atoms with Crippen molar-refractivity contribution in [2.24, 2.45) is 18.7 Å². The van der Waals surface area contributed by atoms with E-state index in [9.17, 15) is 4.21 Å². The summed E-state index contributed by atoms with van der Waals surface area (Å²) in [4.78, 5) is 0. The van der Waals surface area contributed by atoms with E-state index in [4.69, 9.17) is 5.73 Å². The first kappa shape index (κ1) is 13.4. The molecule has 2 atom stereocenters. The molecule has 1 rings (SSSR count). The molecule has 0 aromatic carbocycles. The van der Waals surface area contributed by atoms with E-state index in [2.05, 4.69) is 12.0 Å². The quantitative estimate of drug-likeness (QED) is 0.805. The second kappa shape index (κ2) is 6.15. The van der Waals surface area contributed by atoms with Crippen LogP contribution in [0.2, 0.25) is 0 Å². The average Bonchev–Trinajstić information content (AvgIpc) is 2.59. The molecule has 0 fully saturated rings. The Balaban J connectivity index is 2.58. The van der Waals surface area contributed by atoms with Crippen molar-refractivity contribution in [3.8, 4) is 0 Å². The van der Waals surface area contributed by atoms with Gasteiger partial charge in [-0.3, -0.25) is 8.89 Å². The summed E-state index contributed by atoms with van der Waals surface area (Å²) in [6.45, 7) is 4.69. The van der Waals surface area contributed by atoms with Crippen LogP contribution in [0.5, 0.6) is 0 Å². The van der Waals surface area contributed by atoms with E-state index < -0.39 is 10.8 Å². The molecule has 0 radical (unpaired) electrons. The molecule has 1 aromatic rings. The van der Waals surface area contributed by atoms with Crippen LogP contribution < -0.4 is 5.73 Å². The third-order valence-electron chi connectivity index (χ3n) is 2.57. The summed E-state index contributed by atoms with van der Waals surface area (Å²) in [5.41, 5.74) is 7.62. The van der Waals surface area contributed by atoms with Gasteiger partial charge in [0, 0.05) is 23.6 Å². The van der Waals surface area contributed by atoms with Crippen molar-refractivity contribution >= 4 is 10.8 Å². The Labute approximate surface area is 99.7 Å². The van der Waals surface area contributed by atoms with Gasteiger partial charge in [-0.15, -0.1) is 0 Å². The Morgan fingerprint density at radius 2 is 2.31 bits per heavy atom. The van der Waals surface area contributed by atoms with Crippen molar-refractivity contribution in [2.75, 3.05) is 12.3 Å². The first-order chi connectivity index (χ1) is 7.56. The van der Waals surface area contributed by atoms with Gasteiger partial charge < -0.3 is 5.73 Å². The van der Waals surface area contributed by atoms with E-state index >= 15 is 0 Å². The van der Waals surface area contributed by atoms with Gasteiger partial charge in [-0.25, -0.2) is 0 Å². The van der Waals surface area contributed by atoms with Crippen molar-refractivity contribution in [3.63, 3.8) is 0 Å². The SMILES string of the molecule is CCc1cc(CS(=O)CC(C)CN)n(C)n1. The van der Waals surface area contributed by atoms with Crippen LogP contribution in [-0.4, -0.2) is 26.3 Å². The number of rotatable bonds is 6. The van der Waals surface area contributed by atoms with Crippen LogP contribution in [0.1, 0.15) is 25.2 Å². The van der Waals surface area contributed by atoms with Crippen molar-refractivity contribution < 1.29 is 4.21 Å². The van der Waals surface area contributed by atoms with Gasteiger partial charge in [0.05, 0.1) is 17.1 Å². The average molecular weight is 243 g/mol. The monoisotopic (exact) mass is 243 g/mol. The first-order valence-electron chi connectivity index (χ1n) is 5.63. The zero-order valence-electron chi connectivity index (χ0n) is 10.3. The minimum Gasteiger partial charge on any atom is -0.330 e. The number of aryl methyl sites for hydroxylation is 2. The van der Waals surface area contributed by atoms with E-state index in [0.29, 0.717) is 24.0 Å². The topological polar surface area (TPSA) is 60.9 Å². The maximum atomic E-state index is 11.8. The van der Waals surface area contributed by atoms with E-state index in [1.807, 2.05) is 24.7 Å². The summed E-state index contributed by atoms with van der Waals surface area (Å²) in [7, 11) is 1.06. The Kier molecular flexibility index (Phi) is 5.15. The highest BCUT2D eigenvalue weighted by molar-refractivity contribution is 7.84. The van der Waals surface area contributed by atoms with Gasteiger partial charge in [-0.2, -0.15) is 5.10 Å². The summed E-state index contributed by atoms with van der Waals surface area (Å²) in [6.07, 6.45) is 0.916. The number of aromatic nitrogens is 2. The van der Waals surface area contributed by atoms with Crippen LogP contribution in [0.25, 0.3) is 0 Å². The minimum atomic E-state index is -0.841. The van der Waals surface area contributed by atoms with E-state index in [-0.39, 0.29) is 0 Å². The fraction of sp³-hybridized carbons (Fsp3) is 0.727. The summed E-state index contributed by atoms with van der Waals surface area (Å²) < 4.78 is 13.7. The molecule has 0 amide bonds. The predicted octanol–water partition coefficient (Wildman–Crippen LogP) is 0.826. The lowest BCUT2D eigenvalue weighted by molar-refractivity contribution is 0.637. The molecule has 0 aliphatic rings. The fourth-order valence-electron chi connectivity index (χ4n) is 1.49. The largest absolute Gasteiger partial charge is 0.330 e. The number of nitrogens with two attached hydrogens (primary N) is 1. The van der Waals surface area contributed by atoms with Crippen molar-refractivity contribution in [3.05, 3.63) is 17.5 Å². The van der Waals surface area contributed by atoms with Crippen LogP contribution in [0.15, 0.2) is 6.07 Å². The molecule has 0 aliphatic carbocycles. The van der Waals surface area contributed by atoms with E-state index in [0.717, 1.165) is 17.8 Å². The molecule has 92 valence electrons. The molecule has 1 aromatic heterocycles. The van der Waals surface area contributed by atoms with E-state index in [1.54, 1.807) is 0 Å². The Morgan fingerprint density at radius 3 is 2.81 bits per heavy atom. The van der Waals surface area contributed by atoms with Crippen molar-refractivity contribution in [1.82, 2.24) is 9.78 Å². The molecule has 2 unspecified atom stereocenters. The van der Waals surface area contributed by atoms with Gasteiger partial charge >= 0.3 is 0 Å². The van der Waals surface area contributed by atoms with Gasteiger partial charge in [-0.1, -0.05) is 13.8 Å². The van der Waals surface area contributed by atoms with Crippen LogP contribution in [0, 0.1) is 5.92 Å². The Morgan fingerprint density at radius 1 is 1.62 bits per heavy atom. The second-order valence-electron chi connectivity index (χ2n) is 4.20. The molecular weight excluding hydrogens is 222 g/mol. The standard InChI is InChI=1S/C11H21N3OS/c1-4-10-5-11(14(3)13-10)8-16(15)7-9(2)6-12/h5,9H,4,6-8,12H2,1-3H3. The Hall–Kier alpha value is -0.680. The molecule has 5 heteroatoms. The third-order valence-corrected chi connectivity index (χ3v) is 4.13. The van der Waals surface area contributed by atoms with Crippen molar-refractivity contribution in [2.45, 2.75) is 26.0 Å². The van der Waals surface area contributed by atoms with Crippen molar-refractivity contribution in [1.29, 1.82) is 0 Å². The van der Waals surface area contributed by atoms with Gasteiger partial charge in [0.1, 0.15) is 0 Å². The lowest BCUT2D eigenvalue weighted by Crippen LogP contribution is -2.18. The van der Waals surface area contributed by atoms with Gasteiger partial charge in [0.2, 0.25) is 0 Å². The van der Waals surface area contributed by atoms with Crippen LogP contribution >= 0.6 is 0 Å². The molecular formula is C11H21N3OS. The second-order valence-corrected chi connectivity index (χ2v) is 5.70. The molecule has 2 N–H and O–H groups in total. The zero-order chi connectivity index (χ0) is 12.1. The summed E-state index contributed by atoms with van der Waals surface area (Å²) >= 11 is 0. The molecule has 1 heterocycles. The summed E-state index contributed by atoms with van der Waals surface area (Å²) in [6, 6.07) is 2.03. The fourth-order valence-corrected chi connectivity index (χ4v) is 2.98. The molecule has 0 spiro atoms. The highest BCUT2D eigenvalue weighted by Gasteiger charge is 2.10. The zero-order valence-corrected chi connectivity index (χ0v) is 11.1. The number of hydrogen-bond donors (Lipinski definition) is 1.